The van der Waals surface area contributed by atoms with Gasteiger partial charge in [-0.25, -0.2) is 0 Å². The van der Waals surface area contributed by atoms with Crippen molar-refractivity contribution in [2.24, 2.45) is 17.3 Å². The molecule has 0 aromatic rings. The van der Waals surface area contributed by atoms with Crippen LogP contribution in [0.4, 0.5) is 0 Å². The number of rotatable bonds is 5. The Labute approximate surface area is 93.3 Å². The largest absolute Gasteiger partial charge is 0.392 e. The van der Waals surface area contributed by atoms with E-state index in [0.29, 0.717) is 6.54 Å². The normalized spacial score (nSPS) is 14.5. The molecule has 0 saturated carbocycles. The zero-order valence-corrected chi connectivity index (χ0v) is 10.8. The van der Waals surface area contributed by atoms with Crippen molar-refractivity contribution in [2.45, 2.75) is 47.6 Å². The quantitative estimate of drug-likeness (QED) is 0.734. The minimum Gasteiger partial charge on any atom is -0.392 e. The monoisotopic (exact) mass is 215 g/mol. The van der Waals surface area contributed by atoms with Crippen molar-refractivity contribution in [3.63, 3.8) is 0 Å². The minimum atomic E-state index is -0.398. The minimum absolute atomic E-state index is 0.00278. The van der Waals surface area contributed by atoms with E-state index in [1.807, 2.05) is 41.5 Å². The van der Waals surface area contributed by atoms with Gasteiger partial charge >= 0.3 is 0 Å². The maximum Gasteiger partial charge on any atom is 0.222 e. The van der Waals surface area contributed by atoms with Crippen LogP contribution in [-0.4, -0.2) is 23.7 Å². The molecule has 0 saturated heterocycles. The van der Waals surface area contributed by atoms with Gasteiger partial charge in [-0.15, -0.1) is 0 Å². The zero-order chi connectivity index (χ0) is 12.2. The van der Waals surface area contributed by atoms with Crippen LogP contribution in [0.3, 0.4) is 0 Å². The highest BCUT2D eigenvalue weighted by Gasteiger charge is 2.30. The lowest BCUT2D eigenvalue weighted by Gasteiger charge is -2.33. The Balaban J connectivity index is 4.21. The first kappa shape index (κ1) is 14.4. The van der Waals surface area contributed by atoms with Gasteiger partial charge in [-0.1, -0.05) is 41.5 Å². The molecule has 0 heterocycles. The van der Waals surface area contributed by atoms with Crippen molar-refractivity contribution in [3.05, 3.63) is 0 Å². The van der Waals surface area contributed by atoms with Crippen molar-refractivity contribution in [1.82, 2.24) is 5.32 Å². The SMILES string of the molecule is CC(C)C(=O)NCC(C)(C)C(O)C(C)C. The summed E-state index contributed by atoms with van der Waals surface area (Å²) in [5, 5.41) is 12.8. The molecule has 1 atom stereocenters. The molecule has 90 valence electrons. The molecule has 0 bridgehead atoms. The highest BCUT2D eigenvalue weighted by atomic mass is 16.3. The van der Waals surface area contributed by atoms with Gasteiger partial charge in [-0.05, 0) is 5.92 Å². The number of hydrogen-bond donors (Lipinski definition) is 2. The standard InChI is InChI=1S/C12H25NO2/c1-8(2)10(14)12(5,6)7-13-11(15)9(3)4/h8-10,14H,7H2,1-6H3,(H,13,15). The third-order valence-corrected chi connectivity index (χ3v) is 2.67. The molecule has 15 heavy (non-hydrogen) atoms. The van der Waals surface area contributed by atoms with Crippen LogP contribution in [0.5, 0.6) is 0 Å². The summed E-state index contributed by atoms with van der Waals surface area (Å²) in [6.45, 7) is 12.1. The molecular weight excluding hydrogens is 190 g/mol. The summed E-state index contributed by atoms with van der Waals surface area (Å²) < 4.78 is 0. The number of amides is 1. The van der Waals surface area contributed by atoms with Crippen molar-refractivity contribution in [2.75, 3.05) is 6.54 Å². The molecule has 3 heteroatoms. The fraction of sp³-hybridized carbons (Fsp3) is 0.917. The van der Waals surface area contributed by atoms with Gasteiger partial charge in [0, 0.05) is 17.9 Å². The third-order valence-electron chi connectivity index (χ3n) is 2.67. The Bertz CT molecular complexity index is 210. The van der Waals surface area contributed by atoms with Gasteiger partial charge in [0.05, 0.1) is 6.10 Å². The first-order valence-electron chi connectivity index (χ1n) is 5.64. The molecule has 0 aliphatic rings. The van der Waals surface area contributed by atoms with E-state index in [0.717, 1.165) is 0 Å². The fourth-order valence-electron chi connectivity index (χ4n) is 1.53. The van der Waals surface area contributed by atoms with E-state index in [2.05, 4.69) is 5.32 Å². The van der Waals surface area contributed by atoms with Gasteiger partial charge in [0.2, 0.25) is 5.91 Å². The Kier molecular flexibility index (Phi) is 5.29. The summed E-state index contributed by atoms with van der Waals surface area (Å²) in [4.78, 5) is 11.4. The van der Waals surface area contributed by atoms with Crippen molar-refractivity contribution in [3.8, 4) is 0 Å². The average molecular weight is 215 g/mol. The molecule has 0 radical (unpaired) electrons. The molecule has 3 nitrogen and oxygen atoms in total. The number of carbonyl (C=O) groups is 1. The molecular formula is C12H25NO2. The molecule has 0 aliphatic carbocycles. The number of aliphatic hydroxyl groups is 1. The number of hydrogen-bond acceptors (Lipinski definition) is 2. The van der Waals surface area contributed by atoms with Crippen molar-refractivity contribution in [1.29, 1.82) is 0 Å². The van der Waals surface area contributed by atoms with E-state index in [1.54, 1.807) is 0 Å². The van der Waals surface area contributed by atoms with E-state index in [-0.39, 0.29) is 23.2 Å². The Morgan fingerprint density at radius 3 is 2.07 bits per heavy atom. The highest BCUT2D eigenvalue weighted by Crippen LogP contribution is 2.25. The summed E-state index contributed by atoms with van der Waals surface area (Å²) in [6.07, 6.45) is -0.398. The Hall–Kier alpha value is -0.570. The molecule has 0 aromatic carbocycles. The predicted octanol–water partition coefficient (Wildman–Crippen LogP) is 1.80. The summed E-state index contributed by atoms with van der Waals surface area (Å²) >= 11 is 0. The fourth-order valence-corrected chi connectivity index (χ4v) is 1.53. The van der Waals surface area contributed by atoms with Gasteiger partial charge in [-0.3, -0.25) is 4.79 Å². The van der Waals surface area contributed by atoms with E-state index >= 15 is 0 Å². The third kappa shape index (κ3) is 4.65. The Morgan fingerprint density at radius 1 is 1.27 bits per heavy atom. The first-order chi connectivity index (χ1) is 6.68. The summed E-state index contributed by atoms with van der Waals surface area (Å²) in [7, 11) is 0. The van der Waals surface area contributed by atoms with E-state index in [9.17, 15) is 9.90 Å². The number of aliphatic hydroxyl groups excluding tert-OH is 1. The average Bonchev–Trinajstić information content (AvgIpc) is 2.12. The van der Waals surface area contributed by atoms with Crippen LogP contribution in [0, 0.1) is 17.3 Å². The van der Waals surface area contributed by atoms with Crippen LogP contribution >= 0.6 is 0 Å². The molecule has 2 N–H and O–H groups in total. The molecule has 1 unspecified atom stereocenters. The number of carbonyl (C=O) groups excluding carboxylic acids is 1. The molecule has 0 aliphatic heterocycles. The molecule has 0 fully saturated rings. The molecule has 0 spiro atoms. The van der Waals surface area contributed by atoms with Gasteiger partial charge in [0.1, 0.15) is 0 Å². The second-order valence-electron chi connectivity index (χ2n) is 5.55. The lowest BCUT2D eigenvalue weighted by Crippen LogP contribution is -2.44. The van der Waals surface area contributed by atoms with E-state index in [1.165, 1.54) is 0 Å². The van der Waals surface area contributed by atoms with Gasteiger partial charge in [0.25, 0.3) is 0 Å². The van der Waals surface area contributed by atoms with E-state index in [4.69, 9.17) is 0 Å². The maximum absolute atomic E-state index is 11.4. The van der Waals surface area contributed by atoms with Crippen LogP contribution in [0.15, 0.2) is 0 Å². The van der Waals surface area contributed by atoms with E-state index < -0.39 is 6.10 Å². The predicted molar refractivity (Wildman–Crippen MR) is 62.5 cm³/mol. The smallest absolute Gasteiger partial charge is 0.222 e. The summed E-state index contributed by atoms with van der Waals surface area (Å²) in [6, 6.07) is 0. The van der Waals surface area contributed by atoms with Crippen LogP contribution in [0.1, 0.15) is 41.5 Å². The molecule has 0 rings (SSSR count). The van der Waals surface area contributed by atoms with Crippen molar-refractivity contribution >= 4 is 5.91 Å². The molecule has 1 amide bonds. The number of nitrogens with one attached hydrogen (secondary N) is 1. The lowest BCUT2D eigenvalue weighted by molar-refractivity contribution is -0.125. The highest BCUT2D eigenvalue weighted by molar-refractivity contribution is 5.77. The summed E-state index contributed by atoms with van der Waals surface area (Å²) in [5.74, 6) is 0.243. The van der Waals surface area contributed by atoms with Crippen LogP contribution in [0.2, 0.25) is 0 Å². The van der Waals surface area contributed by atoms with Crippen LogP contribution < -0.4 is 5.32 Å². The maximum atomic E-state index is 11.4. The zero-order valence-electron chi connectivity index (χ0n) is 10.8. The summed E-state index contributed by atoms with van der Waals surface area (Å²) in [5.41, 5.74) is -0.279. The van der Waals surface area contributed by atoms with Gasteiger partial charge < -0.3 is 10.4 Å². The topological polar surface area (TPSA) is 49.3 Å². The van der Waals surface area contributed by atoms with Crippen LogP contribution in [-0.2, 0) is 4.79 Å². The van der Waals surface area contributed by atoms with Gasteiger partial charge in [-0.2, -0.15) is 0 Å². The first-order valence-corrected chi connectivity index (χ1v) is 5.64. The second kappa shape index (κ2) is 5.50. The lowest BCUT2D eigenvalue weighted by atomic mass is 9.80. The van der Waals surface area contributed by atoms with Crippen molar-refractivity contribution < 1.29 is 9.90 Å². The van der Waals surface area contributed by atoms with Gasteiger partial charge in [0.15, 0.2) is 0 Å². The molecule has 0 aromatic heterocycles. The van der Waals surface area contributed by atoms with Crippen LogP contribution in [0.25, 0.3) is 0 Å². The Morgan fingerprint density at radius 2 is 1.73 bits per heavy atom. The second-order valence-corrected chi connectivity index (χ2v) is 5.55.